The van der Waals surface area contributed by atoms with E-state index in [1.807, 2.05) is 0 Å². The first kappa shape index (κ1) is 24.9. The highest BCUT2D eigenvalue weighted by Gasteiger charge is 2.58. The van der Waals surface area contributed by atoms with Crippen LogP contribution in [0.2, 0.25) is 0 Å². The molecule has 7 unspecified atom stereocenters. The van der Waals surface area contributed by atoms with Gasteiger partial charge in [-0.05, 0) is 109 Å². The van der Waals surface area contributed by atoms with Crippen LogP contribution in [0, 0.1) is 34.5 Å². The van der Waals surface area contributed by atoms with Crippen molar-refractivity contribution in [2.75, 3.05) is 0 Å². The van der Waals surface area contributed by atoms with Gasteiger partial charge in [-0.2, -0.15) is 0 Å². The van der Waals surface area contributed by atoms with Crippen molar-refractivity contribution >= 4 is 5.57 Å². The Labute approximate surface area is 224 Å². The molecule has 194 valence electrons. The van der Waals surface area contributed by atoms with Crippen LogP contribution in [0.1, 0.15) is 83.3 Å². The third kappa shape index (κ3) is 4.28. The molecular weight excluding hydrogens is 448 g/mol. The number of fused-ring (bicyclic) bond motifs is 5. The molecule has 2 aromatic carbocycles. The van der Waals surface area contributed by atoms with Gasteiger partial charge in [0, 0.05) is 0 Å². The fourth-order valence-corrected chi connectivity index (χ4v) is 9.32. The van der Waals surface area contributed by atoms with Crippen LogP contribution in [-0.4, -0.2) is 11.2 Å². The number of benzene rings is 2. The van der Waals surface area contributed by atoms with E-state index in [4.69, 9.17) is 0 Å². The summed E-state index contributed by atoms with van der Waals surface area (Å²) in [4.78, 5) is 0. The maximum atomic E-state index is 10.3. The Morgan fingerprint density at radius 3 is 2.16 bits per heavy atom. The van der Waals surface area contributed by atoms with E-state index in [0.717, 1.165) is 30.6 Å². The molecule has 6 rings (SSSR count). The summed E-state index contributed by atoms with van der Waals surface area (Å²) < 4.78 is 0. The first-order valence-electron chi connectivity index (χ1n) is 14.8. The largest absolute Gasteiger partial charge is 0.393 e. The molecule has 0 aromatic heterocycles. The quantitative estimate of drug-likeness (QED) is 0.333. The molecule has 4 aliphatic carbocycles. The van der Waals surface area contributed by atoms with Gasteiger partial charge in [-0.25, -0.2) is 0 Å². The number of aliphatic hydroxyl groups is 1. The van der Waals surface area contributed by atoms with Gasteiger partial charge < -0.3 is 5.11 Å². The summed E-state index contributed by atoms with van der Waals surface area (Å²) >= 11 is 0. The summed E-state index contributed by atoms with van der Waals surface area (Å²) in [6, 6.07) is 21.7. The topological polar surface area (TPSA) is 20.2 Å². The molecule has 3 fully saturated rings. The Morgan fingerprint density at radius 2 is 1.49 bits per heavy atom. The zero-order valence-electron chi connectivity index (χ0n) is 23.0. The van der Waals surface area contributed by atoms with E-state index in [0.29, 0.717) is 16.7 Å². The summed E-state index contributed by atoms with van der Waals surface area (Å²) in [7, 11) is 0. The lowest BCUT2D eigenvalue weighted by atomic mass is 9.47. The second kappa shape index (κ2) is 9.73. The number of hydrogen-bond donors (Lipinski definition) is 1. The van der Waals surface area contributed by atoms with Gasteiger partial charge in [0.1, 0.15) is 0 Å². The van der Waals surface area contributed by atoms with Gasteiger partial charge in [-0.15, -0.1) is 0 Å². The fraction of sp³-hybridized carbons (Fsp3) is 0.500. The van der Waals surface area contributed by atoms with E-state index >= 15 is 0 Å². The second-order valence-electron chi connectivity index (χ2n) is 13.1. The third-order valence-electron chi connectivity index (χ3n) is 11.3. The lowest BCUT2D eigenvalue weighted by Gasteiger charge is -2.58. The fourth-order valence-electron chi connectivity index (χ4n) is 9.32. The maximum Gasteiger partial charge on any atom is 0.0577 e. The molecule has 0 aliphatic heterocycles. The zero-order chi connectivity index (χ0) is 25.6. The van der Waals surface area contributed by atoms with Crippen LogP contribution in [0.15, 0.2) is 90.0 Å². The number of hydrogen-bond acceptors (Lipinski definition) is 1. The second-order valence-corrected chi connectivity index (χ2v) is 13.1. The molecule has 7 atom stereocenters. The molecule has 37 heavy (non-hydrogen) atoms. The summed E-state index contributed by atoms with van der Waals surface area (Å²) in [5, 5.41) is 10.3. The highest BCUT2D eigenvalue weighted by atomic mass is 16.3. The van der Waals surface area contributed by atoms with Gasteiger partial charge in [0.05, 0.1) is 6.10 Å². The minimum Gasteiger partial charge on any atom is -0.393 e. The first-order valence-corrected chi connectivity index (χ1v) is 14.8. The average molecular weight is 493 g/mol. The number of rotatable bonds is 4. The van der Waals surface area contributed by atoms with Crippen molar-refractivity contribution in [1.82, 2.24) is 0 Å². The van der Waals surface area contributed by atoms with Crippen LogP contribution in [0.25, 0.3) is 5.57 Å². The van der Waals surface area contributed by atoms with Crippen LogP contribution in [-0.2, 0) is 0 Å². The predicted octanol–water partition coefficient (Wildman–Crippen LogP) is 9.00. The van der Waals surface area contributed by atoms with Crippen LogP contribution in [0.5, 0.6) is 0 Å². The van der Waals surface area contributed by atoms with E-state index in [1.54, 1.807) is 11.1 Å². The highest BCUT2D eigenvalue weighted by molar-refractivity contribution is 5.80. The van der Waals surface area contributed by atoms with Crippen molar-refractivity contribution in [3.8, 4) is 0 Å². The Morgan fingerprint density at radius 1 is 0.811 bits per heavy atom. The van der Waals surface area contributed by atoms with Gasteiger partial charge in [0.15, 0.2) is 0 Å². The summed E-state index contributed by atoms with van der Waals surface area (Å²) in [6.07, 6.45) is 17.0. The molecule has 0 radical (unpaired) electrons. The van der Waals surface area contributed by atoms with Crippen molar-refractivity contribution in [2.24, 2.45) is 34.5 Å². The highest BCUT2D eigenvalue weighted by Crippen LogP contribution is 2.67. The lowest BCUT2D eigenvalue weighted by Crippen LogP contribution is -2.50. The molecule has 2 aromatic rings. The minimum absolute atomic E-state index is 0.113. The number of allylic oxidation sites excluding steroid dienone is 4. The summed E-state index contributed by atoms with van der Waals surface area (Å²) in [5.41, 5.74) is 7.75. The Balaban J connectivity index is 1.28. The average Bonchev–Trinajstić information content (AvgIpc) is 3.28. The van der Waals surface area contributed by atoms with Crippen LogP contribution >= 0.6 is 0 Å². The molecule has 0 saturated heterocycles. The first-order chi connectivity index (χ1) is 17.9. The SMILES string of the molecule is CC(=CC=C(c1ccccc1)c1ccccc1)C1CCC2C3CC=C4CC(O)CCC4(C)C3CCC12C. The molecule has 1 nitrogen and oxygen atoms in total. The normalized spacial score (nSPS) is 37.1. The van der Waals surface area contributed by atoms with E-state index in [-0.39, 0.29) is 6.10 Å². The summed E-state index contributed by atoms with van der Waals surface area (Å²) in [5.74, 6) is 3.13. The van der Waals surface area contributed by atoms with Crippen molar-refractivity contribution in [2.45, 2.75) is 78.2 Å². The Kier molecular flexibility index (Phi) is 6.56. The van der Waals surface area contributed by atoms with Crippen molar-refractivity contribution in [3.63, 3.8) is 0 Å². The smallest absolute Gasteiger partial charge is 0.0577 e. The van der Waals surface area contributed by atoms with E-state index < -0.39 is 0 Å². The molecule has 4 aliphatic rings. The third-order valence-corrected chi connectivity index (χ3v) is 11.3. The molecule has 0 bridgehead atoms. The Hall–Kier alpha value is -2.38. The lowest BCUT2D eigenvalue weighted by molar-refractivity contribution is -0.0454. The standard InChI is InChI=1S/C36H44O/c1-25(14-16-30(26-10-6-4-7-11-26)27-12-8-5-9-13-27)32-18-19-33-31-17-15-28-24-29(37)20-22-35(28,2)34(31)21-23-36(32,33)3/h4-16,29,31-34,37H,17-24H2,1-3H3. The molecule has 1 N–H and O–H groups in total. The van der Waals surface area contributed by atoms with Gasteiger partial charge in [-0.3, -0.25) is 0 Å². The summed E-state index contributed by atoms with van der Waals surface area (Å²) in [6.45, 7) is 7.58. The monoisotopic (exact) mass is 492 g/mol. The van der Waals surface area contributed by atoms with Crippen molar-refractivity contribution < 1.29 is 5.11 Å². The number of aliphatic hydroxyl groups excluding tert-OH is 1. The van der Waals surface area contributed by atoms with E-state index in [9.17, 15) is 5.11 Å². The molecular formula is C36H44O. The van der Waals surface area contributed by atoms with Gasteiger partial charge in [0.25, 0.3) is 0 Å². The van der Waals surface area contributed by atoms with E-state index in [2.05, 4.69) is 99.7 Å². The van der Waals surface area contributed by atoms with Crippen LogP contribution in [0.4, 0.5) is 0 Å². The maximum absolute atomic E-state index is 10.3. The molecule has 3 saturated carbocycles. The van der Waals surface area contributed by atoms with Gasteiger partial charge >= 0.3 is 0 Å². The minimum atomic E-state index is -0.113. The van der Waals surface area contributed by atoms with Gasteiger partial charge in [-0.1, -0.05) is 104 Å². The molecule has 1 heteroatoms. The predicted molar refractivity (Wildman–Crippen MR) is 155 cm³/mol. The zero-order valence-corrected chi connectivity index (χ0v) is 23.0. The van der Waals surface area contributed by atoms with Gasteiger partial charge in [0.2, 0.25) is 0 Å². The van der Waals surface area contributed by atoms with Crippen LogP contribution in [0.3, 0.4) is 0 Å². The van der Waals surface area contributed by atoms with Crippen LogP contribution < -0.4 is 0 Å². The molecule has 0 spiro atoms. The molecule has 0 heterocycles. The molecule has 0 amide bonds. The Bertz CT molecular complexity index is 1160. The van der Waals surface area contributed by atoms with Crippen molar-refractivity contribution in [1.29, 1.82) is 0 Å². The van der Waals surface area contributed by atoms with E-state index in [1.165, 1.54) is 55.2 Å². The van der Waals surface area contributed by atoms with Crippen molar-refractivity contribution in [3.05, 3.63) is 101 Å².